The molecule has 1 N–H and O–H groups in total. The van der Waals surface area contributed by atoms with E-state index in [1.54, 1.807) is 11.8 Å². The molecule has 0 bridgehead atoms. The van der Waals surface area contributed by atoms with Crippen LogP contribution in [0.5, 0.6) is 0 Å². The number of amides is 1. The smallest absolute Gasteiger partial charge is 0.230 e. The van der Waals surface area contributed by atoms with E-state index in [0.717, 1.165) is 43.3 Å². The minimum atomic E-state index is 0.0640. The number of carbonyl (C=O) groups excluding carboxylic acids is 1. The lowest BCUT2D eigenvalue weighted by molar-refractivity contribution is -0.118. The summed E-state index contributed by atoms with van der Waals surface area (Å²) < 4.78 is 5.40. The van der Waals surface area contributed by atoms with Crippen LogP contribution in [-0.4, -0.2) is 42.9 Å². The van der Waals surface area contributed by atoms with Gasteiger partial charge in [0.1, 0.15) is 0 Å². The molecule has 0 unspecified atom stereocenters. The molecule has 26 heavy (non-hydrogen) atoms. The van der Waals surface area contributed by atoms with Crippen molar-refractivity contribution in [1.29, 1.82) is 0 Å². The van der Waals surface area contributed by atoms with Crippen molar-refractivity contribution in [3.05, 3.63) is 65.2 Å². The van der Waals surface area contributed by atoms with E-state index in [0.29, 0.717) is 12.3 Å². The van der Waals surface area contributed by atoms with Gasteiger partial charge >= 0.3 is 0 Å². The van der Waals surface area contributed by atoms with E-state index in [2.05, 4.69) is 65.7 Å². The van der Waals surface area contributed by atoms with Crippen molar-refractivity contribution < 1.29 is 9.53 Å². The van der Waals surface area contributed by atoms with Gasteiger partial charge in [-0.3, -0.25) is 9.69 Å². The average Bonchev–Trinajstić information content (AvgIpc) is 2.67. The highest BCUT2D eigenvalue weighted by Crippen LogP contribution is 2.18. The maximum atomic E-state index is 12.1. The van der Waals surface area contributed by atoms with Crippen molar-refractivity contribution in [3.8, 4) is 0 Å². The predicted molar refractivity (Wildman–Crippen MR) is 106 cm³/mol. The zero-order chi connectivity index (χ0) is 18.2. The van der Waals surface area contributed by atoms with Gasteiger partial charge in [0.05, 0.1) is 19.0 Å². The Kier molecular flexibility index (Phi) is 7.12. The van der Waals surface area contributed by atoms with Gasteiger partial charge in [-0.25, -0.2) is 0 Å². The Labute approximate surface area is 159 Å². The molecule has 0 aliphatic carbocycles. The first-order valence-corrected chi connectivity index (χ1v) is 10.0. The van der Waals surface area contributed by atoms with Crippen LogP contribution in [0.4, 0.5) is 0 Å². The first kappa shape index (κ1) is 19.0. The van der Waals surface area contributed by atoms with E-state index < -0.39 is 0 Å². The summed E-state index contributed by atoms with van der Waals surface area (Å²) in [5.41, 5.74) is 3.66. The number of thioether (sulfide) groups is 1. The minimum absolute atomic E-state index is 0.0640. The molecular weight excluding hydrogens is 344 g/mol. The number of nitrogens with one attached hydrogen (secondary N) is 1. The highest BCUT2D eigenvalue weighted by molar-refractivity contribution is 8.00. The molecule has 4 nitrogen and oxygen atoms in total. The van der Waals surface area contributed by atoms with Crippen LogP contribution in [0.2, 0.25) is 0 Å². The maximum absolute atomic E-state index is 12.1. The van der Waals surface area contributed by atoms with Crippen LogP contribution in [0.1, 0.15) is 16.7 Å². The molecule has 2 aromatic rings. The van der Waals surface area contributed by atoms with Crippen LogP contribution in [0.3, 0.4) is 0 Å². The summed E-state index contributed by atoms with van der Waals surface area (Å²) in [5.74, 6) is 0.505. The summed E-state index contributed by atoms with van der Waals surface area (Å²) in [6, 6.07) is 16.7. The van der Waals surface area contributed by atoms with Crippen LogP contribution in [0, 0.1) is 6.92 Å². The first-order valence-electron chi connectivity index (χ1n) is 9.03. The lowest BCUT2D eigenvalue weighted by Crippen LogP contribution is -2.35. The summed E-state index contributed by atoms with van der Waals surface area (Å²) in [5, 5.41) is 3.02. The zero-order valence-electron chi connectivity index (χ0n) is 15.2. The maximum Gasteiger partial charge on any atom is 0.230 e. The number of morpholine rings is 1. The molecule has 1 aliphatic heterocycles. The van der Waals surface area contributed by atoms with E-state index in [1.807, 2.05) is 0 Å². The molecule has 0 spiro atoms. The van der Waals surface area contributed by atoms with Gasteiger partial charge in [0.25, 0.3) is 0 Å². The quantitative estimate of drug-likeness (QED) is 0.760. The number of carbonyl (C=O) groups is 1. The SMILES string of the molecule is Cc1ccc(SCC(=O)NCc2cccc(CN3CCOCC3)c2)cc1. The van der Waals surface area contributed by atoms with E-state index in [9.17, 15) is 4.79 Å². The summed E-state index contributed by atoms with van der Waals surface area (Å²) in [4.78, 5) is 15.6. The fourth-order valence-corrected chi connectivity index (χ4v) is 3.62. The van der Waals surface area contributed by atoms with Crippen LogP contribution >= 0.6 is 11.8 Å². The van der Waals surface area contributed by atoms with E-state index in [1.165, 1.54) is 11.1 Å². The highest BCUT2D eigenvalue weighted by Gasteiger charge is 2.11. The molecular formula is C21H26N2O2S. The van der Waals surface area contributed by atoms with Crippen molar-refractivity contribution in [2.24, 2.45) is 0 Å². The minimum Gasteiger partial charge on any atom is -0.379 e. The topological polar surface area (TPSA) is 41.6 Å². The van der Waals surface area contributed by atoms with Crippen LogP contribution in [0.15, 0.2) is 53.4 Å². The van der Waals surface area contributed by atoms with Gasteiger partial charge in [-0.05, 0) is 30.2 Å². The van der Waals surface area contributed by atoms with Crippen molar-refractivity contribution in [2.75, 3.05) is 32.1 Å². The number of rotatable bonds is 7. The third-order valence-corrected chi connectivity index (χ3v) is 5.39. The van der Waals surface area contributed by atoms with Gasteiger partial charge in [0, 0.05) is 31.1 Å². The molecule has 1 heterocycles. The highest BCUT2D eigenvalue weighted by atomic mass is 32.2. The van der Waals surface area contributed by atoms with Crippen LogP contribution in [-0.2, 0) is 22.6 Å². The third kappa shape index (κ3) is 6.16. The molecule has 1 amide bonds. The number of hydrogen-bond acceptors (Lipinski definition) is 4. The fraction of sp³-hybridized carbons (Fsp3) is 0.381. The van der Waals surface area contributed by atoms with Crippen molar-refractivity contribution in [1.82, 2.24) is 10.2 Å². The van der Waals surface area contributed by atoms with Crippen LogP contribution in [0.25, 0.3) is 0 Å². The summed E-state index contributed by atoms with van der Waals surface area (Å²) in [7, 11) is 0. The number of benzene rings is 2. The molecule has 0 saturated carbocycles. The van der Waals surface area contributed by atoms with Gasteiger partial charge in [-0.1, -0.05) is 42.0 Å². The molecule has 3 rings (SSSR count). The van der Waals surface area contributed by atoms with Crippen molar-refractivity contribution in [3.63, 3.8) is 0 Å². The molecule has 138 valence electrons. The first-order chi connectivity index (χ1) is 12.7. The largest absolute Gasteiger partial charge is 0.379 e. The van der Waals surface area contributed by atoms with Gasteiger partial charge in [-0.15, -0.1) is 11.8 Å². The monoisotopic (exact) mass is 370 g/mol. The molecule has 1 fully saturated rings. The molecule has 1 aliphatic rings. The van der Waals surface area contributed by atoms with E-state index in [4.69, 9.17) is 4.74 Å². The number of aryl methyl sites for hydroxylation is 1. The third-order valence-electron chi connectivity index (χ3n) is 4.38. The van der Waals surface area contributed by atoms with Gasteiger partial charge in [0.15, 0.2) is 0 Å². The normalized spacial score (nSPS) is 15.0. The van der Waals surface area contributed by atoms with Gasteiger partial charge in [0.2, 0.25) is 5.91 Å². The molecule has 0 radical (unpaired) electrons. The molecule has 2 aromatic carbocycles. The van der Waals surface area contributed by atoms with Crippen molar-refractivity contribution >= 4 is 17.7 Å². The molecule has 1 saturated heterocycles. The molecule has 0 aromatic heterocycles. The lowest BCUT2D eigenvalue weighted by atomic mass is 10.1. The summed E-state index contributed by atoms with van der Waals surface area (Å²) >= 11 is 1.57. The Morgan fingerprint density at radius 2 is 1.85 bits per heavy atom. The number of nitrogens with zero attached hydrogens (tertiary/aromatic N) is 1. The Morgan fingerprint density at radius 3 is 2.62 bits per heavy atom. The van der Waals surface area contributed by atoms with E-state index >= 15 is 0 Å². The second-order valence-corrected chi connectivity index (χ2v) is 7.64. The van der Waals surface area contributed by atoms with Crippen molar-refractivity contribution in [2.45, 2.75) is 24.9 Å². The Morgan fingerprint density at radius 1 is 1.12 bits per heavy atom. The standard InChI is InChI=1S/C21H26N2O2S/c1-17-5-7-20(8-6-17)26-16-21(24)22-14-18-3-2-4-19(13-18)15-23-9-11-25-12-10-23/h2-8,13H,9-12,14-16H2,1H3,(H,22,24). The Hall–Kier alpha value is -1.82. The average molecular weight is 371 g/mol. The summed E-state index contributed by atoms with van der Waals surface area (Å²) in [6.45, 7) is 7.17. The van der Waals surface area contributed by atoms with Gasteiger partial charge in [-0.2, -0.15) is 0 Å². The van der Waals surface area contributed by atoms with Crippen LogP contribution < -0.4 is 5.32 Å². The molecule has 5 heteroatoms. The Balaban J connectivity index is 1.44. The zero-order valence-corrected chi connectivity index (χ0v) is 16.1. The van der Waals surface area contributed by atoms with Gasteiger partial charge < -0.3 is 10.1 Å². The Bertz CT molecular complexity index is 712. The fourth-order valence-electron chi connectivity index (χ4n) is 2.89. The number of ether oxygens (including phenoxy) is 1. The predicted octanol–water partition coefficient (Wildman–Crippen LogP) is 3.24. The second kappa shape index (κ2) is 9.76. The van der Waals surface area contributed by atoms with E-state index in [-0.39, 0.29) is 5.91 Å². The summed E-state index contributed by atoms with van der Waals surface area (Å²) in [6.07, 6.45) is 0. The second-order valence-electron chi connectivity index (χ2n) is 6.59. The lowest BCUT2D eigenvalue weighted by Gasteiger charge is -2.26. The number of hydrogen-bond donors (Lipinski definition) is 1. The molecule has 0 atom stereocenters.